The third kappa shape index (κ3) is 4.73. The third-order valence-electron chi connectivity index (χ3n) is 2.22. The zero-order valence-corrected chi connectivity index (χ0v) is 11.7. The summed E-state index contributed by atoms with van der Waals surface area (Å²) in [5.74, 6) is 0.0512. The Morgan fingerprint density at radius 3 is 2.72 bits per heavy atom. The van der Waals surface area contributed by atoms with Gasteiger partial charge in [0.2, 0.25) is 0 Å². The standard InChI is InChI=1S/C9H15ClN4O3S/c1-12(7-18(16)17)3-4-13(2)9(15)14-6-8(10)5-11-14/h5-6H,3-4,7H2,1-2H3,(H,16,17). The number of aromatic nitrogens is 2. The Morgan fingerprint density at radius 2 is 2.22 bits per heavy atom. The van der Waals surface area contributed by atoms with Gasteiger partial charge in [-0.05, 0) is 7.05 Å². The second-order valence-electron chi connectivity index (χ2n) is 3.84. The summed E-state index contributed by atoms with van der Waals surface area (Å²) in [6.45, 7) is 0.910. The summed E-state index contributed by atoms with van der Waals surface area (Å²) in [6, 6.07) is -0.305. The summed E-state index contributed by atoms with van der Waals surface area (Å²) in [5.41, 5.74) is 0. The Labute approximate surface area is 113 Å². The number of carbonyl (C=O) groups is 1. The van der Waals surface area contributed by atoms with Crippen LogP contribution in [0, 0.1) is 0 Å². The van der Waals surface area contributed by atoms with Gasteiger partial charge in [0.25, 0.3) is 0 Å². The Morgan fingerprint density at radius 1 is 1.56 bits per heavy atom. The van der Waals surface area contributed by atoms with Crippen LogP contribution in [0.2, 0.25) is 5.02 Å². The molecule has 1 unspecified atom stereocenters. The predicted molar refractivity (Wildman–Crippen MR) is 68.9 cm³/mol. The van der Waals surface area contributed by atoms with E-state index < -0.39 is 11.1 Å². The summed E-state index contributed by atoms with van der Waals surface area (Å²) < 4.78 is 20.4. The van der Waals surface area contributed by atoms with E-state index in [0.29, 0.717) is 18.1 Å². The quantitative estimate of drug-likeness (QED) is 0.802. The van der Waals surface area contributed by atoms with Gasteiger partial charge in [0.1, 0.15) is 5.88 Å². The molecule has 0 aliphatic carbocycles. The summed E-state index contributed by atoms with van der Waals surface area (Å²) in [6.07, 6.45) is 2.81. The molecule has 0 saturated carbocycles. The van der Waals surface area contributed by atoms with Crippen LogP contribution in [-0.4, -0.2) is 67.4 Å². The number of hydrogen-bond donors (Lipinski definition) is 1. The average molecular weight is 295 g/mol. The van der Waals surface area contributed by atoms with Crippen LogP contribution in [0.5, 0.6) is 0 Å². The van der Waals surface area contributed by atoms with Crippen molar-refractivity contribution < 1.29 is 13.6 Å². The van der Waals surface area contributed by atoms with Crippen LogP contribution < -0.4 is 0 Å². The highest BCUT2D eigenvalue weighted by molar-refractivity contribution is 7.79. The van der Waals surface area contributed by atoms with Gasteiger partial charge in [-0.2, -0.15) is 9.78 Å². The molecule has 7 nitrogen and oxygen atoms in total. The topological polar surface area (TPSA) is 78.7 Å². The molecule has 102 valence electrons. The van der Waals surface area contributed by atoms with Crippen LogP contribution in [0.15, 0.2) is 12.4 Å². The van der Waals surface area contributed by atoms with E-state index in [9.17, 15) is 9.00 Å². The van der Waals surface area contributed by atoms with E-state index >= 15 is 0 Å². The fraction of sp³-hybridized carbons (Fsp3) is 0.556. The molecular weight excluding hydrogens is 280 g/mol. The van der Waals surface area contributed by atoms with Crippen molar-refractivity contribution in [2.75, 3.05) is 33.1 Å². The highest BCUT2D eigenvalue weighted by Crippen LogP contribution is 2.05. The first kappa shape index (κ1) is 15.1. The first-order valence-corrected chi connectivity index (χ1v) is 6.77. The van der Waals surface area contributed by atoms with Gasteiger partial charge in [-0.15, -0.1) is 0 Å². The molecule has 1 aromatic heterocycles. The largest absolute Gasteiger partial charge is 0.344 e. The van der Waals surface area contributed by atoms with Crippen LogP contribution >= 0.6 is 11.6 Å². The Hall–Kier alpha value is -0.960. The van der Waals surface area contributed by atoms with Crippen LogP contribution in [-0.2, 0) is 11.1 Å². The number of amides is 1. The van der Waals surface area contributed by atoms with Gasteiger partial charge in [-0.1, -0.05) is 11.6 Å². The lowest BCUT2D eigenvalue weighted by Gasteiger charge is -2.20. The molecule has 1 aromatic rings. The fourth-order valence-electron chi connectivity index (χ4n) is 1.25. The van der Waals surface area contributed by atoms with Crippen molar-refractivity contribution in [3.63, 3.8) is 0 Å². The maximum Gasteiger partial charge on any atom is 0.344 e. The van der Waals surface area contributed by atoms with Gasteiger partial charge >= 0.3 is 6.03 Å². The van der Waals surface area contributed by atoms with Crippen molar-refractivity contribution in [2.24, 2.45) is 0 Å². The van der Waals surface area contributed by atoms with Crippen LogP contribution in [0.1, 0.15) is 0 Å². The number of rotatable bonds is 5. The molecule has 1 N–H and O–H groups in total. The summed E-state index contributed by atoms with van der Waals surface area (Å²) in [4.78, 5) is 15.0. The van der Waals surface area contributed by atoms with E-state index in [0.717, 1.165) is 4.68 Å². The minimum atomic E-state index is -1.87. The number of halogens is 1. The summed E-state index contributed by atoms with van der Waals surface area (Å²) in [7, 11) is 3.33. The van der Waals surface area contributed by atoms with Crippen molar-refractivity contribution >= 4 is 28.7 Å². The molecular formula is C9H15ClN4O3S. The fourth-order valence-corrected chi connectivity index (χ4v) is 1.89. The molecule has 0 aliphatic heterocycles. The first-order chi connectivity index (χ1) is 8.40. The third-order valence-corrected chi connectivity index (χ3v) is 3.08. The normalized spacial score (nSPS) is 12.7. The van der Waals surface area contributed by atoms with Crippen molar-refractivity contribution in [1.29, 1.82) is 0 Å². The van der Waals surface area contributed by atoms with Gasteiger partial charge < -0.3 is 9.45 Å². The average Bonchev–Trinajstić information content (AvgIpc) is 2.70. The number of nitrogens with zero attached hydrogens (tertiary/aromatic N) is 4. The lowest BCUT2D eigenvalue weighted by Crippen LogP contribution is -2.38. The number of likely N-dealkylation sites (N-methyl/N-ethyl adjacent to an activating group) is 2. The van der Waals surface area contributed by atoms with Crippen LogP contribution in [0.25, 0.3) is 0 Å². The Balaban J connectivity index is 2.43. The minimum absolute atomic E-state index is 0.0512. The lowest BCUT2D eigenvalue weighted by atomic mass is 10.5. The second-order valence-corrected chi connectivity index (χ2v) is 5.18. The van der Waals surface area contributed by atoms with E-state index in [1.165, 1.54) is 17.3 Å². The van der Waals surface area contributed by atoms with Crippen LogP contribution in [0.4, 0.5) is 4.79 Å². The molecule has 1 amide bonds. The van der Waals surface area contributed by atoms with Gasteiger partial charge in [0.15, 0.2) is 11.1 Å². The van der Waals surface area contributed by atoms with Crippen molar-refractivity contribution in [3.05, 3.63) is 17.4 Å². The van der Waals surface area contributed by atoms with E-state index in [4.69, 9.17) is 16.2 Å². The Kier molecular flexibility index (Phi) is 5.73. The SMILES string of the molecule is CN(CCN(C)C(=O)n1cc(Cl)cn1)CS(=O)O. The molecule has 0 aliphatic rings. The molecule has 0 fully saturated rings. The molecule has 0 radical (unpaired) electrons. The summed E-state index contributed by atoms with van der Waals surface area (Å²) >= 11 is 3.80. The van der Waals surface area contributed by atoms with Gasteiger partial charge in [0, 0.05) is 20.1 Å². The minimum Gasteiger partial charge on any atom is -0.325 e. The summed E-state index contributed by atoms with van der Waals surface area (Å²) in [5, 5.41) is 4.20. The van der Waals surface area contributed by atoms with Gasteiger partial charge in [-0.25, -0.2) is 9.00 Å². The maximum absolute atomic E-state index is 11.8. The highest BCUT2D eigenvalue weighted by atomic mass is 35.5. The molecule has 0 saturated heterocycles. The van der Waals surface area contributed by atoms with Crippen molar-refractivity contribution in [2.45, 2.75) is 0 Å². The highest BCUT2D eigenvalue weighted by Gasteiger charge is 2.13. The van der Waals surface area contributed by atoms with E-state index in [1.807, 2.05) is 0 Å². The molecule has 0 bridgehead atoms. The zero-order valence-electron chi connectivity index (χ0n) is 10.1. The lowest BCUT2D eigenvalue weighted by molar-refractivity contribution is 0.201. The van der Waals surface area contributed by atoms with Gasteiger partial charge in [0.05, 0.1) is 17.4 Å². The smallest absolute Gasteiger partial charge is 0.325 e. The zero-order chi connectivity index (χ0) is 13.7. The number of carbonyl (C=O) groups excluding carboxylic acids is 1. The Bertz CT molecular complexity index is 439. The predicted octanol–water partition coefficient (Wildman–Crippen LogP) is 0.547. The van der Waals surface area contributed by atoms with E-state index in [2.05, 4.69) is 5.10 Å². The monoisotopic (exact) mass is 294 g/mol. The van der Waals surface area contributed by atoms with Crippen molar-refractivity contribution in [3.8, 4) is 0 Å². The number of hydrogen-bond acceptors (Lipinski definition) is 4. The van der Waals surface area contributed by atoms with Crippen LogP contribution in [0.3, 0.4) is 0 Å². The molecule has 1 atom stereocenters. The molecule has 0 aromatic carbocycles. The van der Waals surface area contributed by atoms with Gasteiger partial charge in [-0.3, -0.25) is 4.90 Å². The molecule has 1 rings (SSSR count). The van der Waals surface area contributed by atoms with E-state index in [-0.39, 0.29) is 11.9 Å². The maximum atomic E-state index is 11.8. The molecule has 1 heterocycles. The molecule has 9 heteroatoms. The van der Waals surface area contributed by atoms with E-state index in [1.54, 1.807) is 19.0 Å². The first-order valence-electron chi connectivity index (χ1n) is 5.12. The second kappa shape index (κ2) is 6.83. The molecule has 0 spiro atoms. The molecule has 18 heavy (non-hydrogen) atoms. The van der Waals surface area contributed by atoms with Crippen molar-refractivity contribution in [1.82, 2.24) is 19.6 Å².